The van der Waals surface area contributed by atoms with Crippen LogP contribution in [0.5, 0.6) is 11.5 Å². The number of methoxy groups -OCH3 is 1. The second kappa shape index (κ2) is 7.36. The minimum Gasteiger partial charge on any atom is -0.497 e. The standard InChI is InChI=1S/C19H22N2O3/c1-23-16-6-3-5-15(11-16)18-8-9-21(18)12-14-4-2-7-17(10-14)24-13-19(20)22/h2-7,10-11,18H,8-9,12-13H2,1H3,(H2,20,22)/t18-/m1/s1. The van der Waals surface area contributed by atoms with Crippen molar-refractivity contribution in [2.24, 2.45) is 5.73 Å². The lowest BCUT2D eigenvalue weighted by atomic mass is 9.94. The van der Waals surface area contributed by atoms with Gasteiger partial charge in [0.1, 0.15) is 11.5 Å². The first-order valence-corrected chi connectivity index (χ1v) is 8.04. The molecule has 0 aromatic heterocycles. The van der Waals surface area contributed by atoms with Gasteiger partial charge in [-0.2, -0.15) is 0 Å². The van der Waals surface area contributed by atoms with E-state index in [9.17, 15) is 4.79 Å². The molecular formula is C19H22N2O3. The van der Waals surface area contributed by atoms with Crippen molar-refractivity contribution in [3.8, 4) is 11.5 Å². The maximum atomic E-state index is 10.8. The van der Waals surface area contributed by atoms with Gasteiger partial charge in [-0.05, 0) is 41.8 Å². The van der Waals surface area contributed by atoms with Crippen LogP contribution in [0.2, 0.25) is 0 Å². The first kappa shape index (κ1) is 16.3. The Hall–Kier alpha value is -2.53. The van der Waals surface area contributed by atoms with Crippen LogP contribution in [-0.4, -0.2) is 31.1 Å². The molecule has 1 saturated heterocycles. The molecule has 1 atom stereocenters. The molecule has 1 amide bonds. The number of carbonyl (C=O) groups excluding carboxylic acids is 1. The molecule has 5 heteroatoms. The number of primary amides is 1. The Bertz CT molecular complexity index is 717. The van der Waals surface area contributed by atoms with Gasteiger partial charge in [-0.3, -0.25) is 9.69 Å². The van der Waals surface area contributed by atoms with Crippen molar-refractivity contribution in [2.45, 2.75) is 19.0 Å². The minimum absolute atomic E-state index is 0.0976. The van der Waals surface area contributed by atoms with Gasteiger partial charge in [0.2, 0.25) is 0 Å². The molecule has 126 valence electrons. The smallest absolute Gasteiger partial charge is 0.255 e. The molecule has 0 spiro atoms. The summed E-state index contributed by atoms with van der Waals surface area (Å²) in [6.45, 7) is 1.81. The average Bonchev–Trinajstić information content (AvgIpc) is 2.57. The molecule has 1 heterocycles. The topological polar surface area (TPSA) is 64.8 Å². The summed E-state index contributed by atoms with van der Waals surface area (Å²) in [6.07, 6.45) is 1.14. The predicted molar refractivity (Wildman–Crippen MR) is 91.9 cm³/mol. The highest BCUT2D eigenvalue weighted by atomic mass is 16.5. The lowest BCUT2D eigenvalue weighted by molar-refractivity contribution is -0.119. The number of likely N-dealkylation sites (tertiary alicyclic amines) is 1. The minimum atomic E-state index is -0.471. The van der Waals surface area contributed by atoms with Crippen LogP contribution in [0.4, 0.5) is 0 Å². The van der Waals surface area contributed by atoms with Crippen LogP contribution in [-0.2, 0) is 11.3 Å². The molecule has 0 aliphatic carbocycles. The van der Waals surface area contributed by atoms with E-state index in [0.717, 1.165) is 30.8 Å². The van der Waals surface area contributed by atoms with Gasteiger partial charge in [-0.25, -0.2) is 0 Å². The largest absolute Gasteiger partial charge is 0.497 e. The van der Waals surface area contributed by atoms with E-state index in [1.807, 2.05) is 30.3 Å². The van der Waals surface area contributed by atoms with E-state index in [-0.39, 0.29) is 6.61 Å². The number of amides is 1. The van der Waals surface area contributed by atoms with Crippen molar-refractivity contribution < 1.29 is 14.3 Å². The van der Waals surface area contributed by atoms with E-state index < -0.39 is 5.91 Å². The van der Waals surface area contributed by atoms with Crippen LogP contribution in [0, 0.1) is 0 Å². The third-order valence-corrected chi connectivity index (χ3v) is 4.27. The third kappa shape index (κ3) is 3.86. The number of rotatable bonds is 7. The number of hydrogen-bond acceptors (Lipinski definition) is 4. The Kier molecular flexibility index (Phi) is 5.01. The molecule has 0 bridgehead atoms. The van der Waals surface area contributed by atoms with Crippen LogP contribution < -0.4 is 15.2 Å². The van der Waals surface area contributed by atoms with Crippen molar-refractivity contribution >= 4 is 5.91 Å². The molecule has 2 N–H and O–H groups in total. The highest BCUT2D eigenvalue weighted by molar-refractivity contribution is 5.75. The zero-order valence-electron chi connectivity index (χ0n) is 13.8. The summed E-state index contributed by atoms with van der Waals surface area (Å²) in [5.74, 6) is 1.09. The Morgan fingerprint density at radius 2 is 2.00 bits per heavy atom. The SMILES string of the molecule is COc1cccc([C@H]2CCN2Cc2cccc(OCC(N)=O)c2)c1. The van der Waals surface area contributed by atoms with E-state index in [1.165, 1.54) is 5.56 Å². The molecule has 0 unspecified atom stereocenters. The lowest BCUT2D eigenvalue weighted by Gasteiger charge is -2.41. The quantitative estimate of drug-likeness (QED) is 0.849. The first-order chi connectivity index (χ1) is 11.7. The van der Waals surface area contributed by atoms with Crippen LogP contribution in [0.1, 0.15) is 23.6 Å². The molecule has 1 fully saturated rings. The number of ether oxygens (including phenoxy) is 2. The monoisotopic (exact) mass is 326 g/mol. The third-order valence-electron chi connectivity index (χ3n) is 4.27. The van der Waals surface area contributed by atoms with Crippen LogP contribution >= 0.6 is 0 Å². The maximum Gasteiger partial charge on any atom is 0.255 e. The second-order valence-corrected chi connectivity index (χ2v) is 5.95. The maximum absolute atomic E-state index is 10.8. The molecule has 1 aliphatic rings. The van der Waals surface area contributed by atoms with E-state index >= 15 is 0 Å². The van der Waals surface area contributed by atoms with Crippen molar-refractivity contribution in [3.63, 3.8) is 0 Å². The van der Waals surface area contributed by atoms with Gasteiger partial charge in [0.05, 0.1) is 7.11 Å². The van der Waals surface area contributed by atoms with Crippen LogP contribution in [0.15, 0.2) is 48.5 Å². The van der Waals surface area contributed by atoms with E-state index in [0.29, 0.717) is 11.8 Å². The normalized spacial score (nSPS) is 17.1. The molecular weight excluding hydrogens is 304 g/mol. The van der Waals surface area contributed by atoms with Crippen molar-refractivity contribution in [2.75, 3.05) is 20.3 Å². The summed E-state index contributed by atoms with van der Waals surface area (Å²) >= 11 is 0. The number of nitrogens with zero attached hydrogens (tertiary/aromatic N) is 1. The fourth-order valence-corrected chi connectivity index (χ4v) is 2.98. The van der Waals surface area contributed by atoms with Gasteiger partial charge in [-0.15, -0.1) is 0 Å². The van der Waals surface area contributed by atoms with Gasteiger partial charge in [0.25, 0.3) is 5.91 Å². The fourth-order valence-electron chi connectivity index (χ4n) is 2.98. The van der Waals surface area contributed by atoms with Crippen molar-refractivity contribution in [1.29, 1.82) is 0 Å². The molecule has 0 radical (unpaired) electrons. The van der Waals surface area contributed by atoms with Gasteiger partial charge in [-0.1, -0.05) is 24.3 Å². The van der Waals surface area contributed by atoms with E-state index in [2.05, 4.69) is 23.1 Å². The fraction of sp³-hybridized carbons (Fsp3) is 0.316. The summed E-state index contributed by atoms with van der Waals surface area (Å²) in [7, 11) is 1.69. The van der Waals surface area contributed by atoms with E-state index in [1.54, 1.807) is 7.11 Å². The number of benzene rings is 2. The van der Waals surface area contributed by atoms with Gasteiger partial charge < -0.3 is 15.2 Å². The van der Waals surface area contributed by atoms with Crippen molar-refractivity contribution in [1.82, 2.24) is 4.90 Å². The summed E-state index contributed by atoms with van der Waals surface area (Å²) in [5, 5.41) is 0. The van der Waals surface area contributed by atoms with Gasteiger partial charge in [0, 0.05) is 19.1 Å². The highest BCUT2D eigenvalue weighted by Crippen LogP contribution is 2.36. The summed E-state index contributed by atoms with van der Waals surface area (Å²) in [6, 6.07) is 16.5. The highest BCUT2D eigenvalue weighted by Gasteiger charge is 2.29. The van der Waals surface area contributed by atoms with Crippen LogP contribution in [0.25, 0.3) is 0 Å². The average molecular weight is 326 g/mol. The Balaban J connectivity index is 1.65. The van der Waals surface area contributed by atoms with Gasteiger partial charge >= 0.3 is 0 Å². The zero-order chi connectivity index (χ0) is 16.9. The Labute approximate surface area is 142 Å². The van der Waals surface area contributed by atoms with Crippen molar-refractivity contribution in [3.05, 3.63) is 59.7 Å². The summed E-state index contributed by atoms with van der Waals surface area (Å²) < 4.78 is 10.7. The molecule has 24 heavy (non-hydrogen) atoms. The number of hydrogen-bond donors (Lipinski definition) is 1. The first-order valence-electron chi connectivity index (χ1n) is 8.04. The zero-order valence-corrected chi connectivity index (χ0v) is 13.8. The predicted octanol–water partition coefficient (Wildman–Crippen LogP) is 2.51. The molecule has 5 nitrogen and oxygen atoms in total. The Morgan fingerprint density at radius 3 is 2.71 bits per heavy atom. The Morgan fingerprint density at radius 1 is 1.21 bits per heavy atom. The van der Waals surface area contributed by atoms with Gasteiger partial charge in [0.15, 0.2) is 6.61 Å². The number of nitrogens with two attached hydrogens (primary N) is 1. The summed E-state index contributed by atoms with van der Waals surface area (Å²) in [5.41, 5.74) is 7.55. The van der Waals surface area contributed by atoms with E-state index in [4.69, 9.17) is 15.2 Å². The molecule has 0 saturated carbocycles. The van der Waals surface area contributed by atoms with Crippen LogP contribution in [0.3, 0.4) is 0 Å². The molecule has 2 aromatic rings. The lowest BCUT2D eigenvalue weighted by Crippen LogP contribution is -2.40. The molecule has 3 rings (SSSR count). The summed E-state index contributed by atoms with van der Waals surface area (Å²) in [4.78, 5) is 13.2. The molecule has 2 aromatic carbocycles. The second-order valence-electron chi connectivity index (χ2n) is 5.95. The number of carbonyl (C=O) groups is 1. The molecule has 1 aliphatic heterocycles.